The molecule has 0 bridgehead atoms. The fourth-order valence-electron chi connectivity index (χ4n) is 1.58. The van der Waals surface area contributed by atoms with E-state index in [1.54, 1.807) is 0 Å². The number of benzene rings is 1. The van der Waals surface area contributed by atoms with E-state index in [9.17, 15) is 18.0 Å². The van der Waals surface area contributed by atoms with Crippen LogP contribution in [0.4, 0.5) is 13.2 Å². The van der Waals surface area contributed by atoms with Crippen molar-refractivity contribution in [1.29, 1.82) is 0 Å². The molecule has 1 aromatic carbocycles. The van der Waals surface area contributed by atoms with Crippen molar-refractivity contribution >= 4 is 29.1 Å². The van der Waals surface area contributed by atoms with Crippen LogP contribution in [0.5, 0.6) is 0 Å². The van der Waals surface area contributed by atoms with Crippen molar-refractivity contribution in [1.82, 2.24) is 5.16 Å². The number of primary amides is 1. The molecule has 0 saturated heterocycles. The summed E-state index contributed by atoms with van der Waals surface area (Å²) in [7, 11) is 0. The number of aromatic nitrogens is 1. The number of nitrogens with zero attached hydrogens (tertiary/aromatic N) is 1. The largest absolute Gasteiger partial charge is 0.383 e. The van der Waals surface area contributed by atoms with Gasteiger partial charge in [0.05, 0.1) is 0 Å². The third-order valence-corrected chi connectivity index (χ3v) is 2.79. The molecule has 0 aliphatic rings. The van der Waals surface area contributed by atoms with E-state index in [1.807, 2.05) is 0 Å². The second kappa shape index (κ2) is 4.99. The van der Waals surface area contributed by atoms with Crippen molar-refractivity contribution in [2.75, 3.05) is 0 Å². The highest BCUT2D eigenvalue weighted by Crippen LogP contribution is 2.39. The summed E-state index contributed by atoms with van der Waals surface area (Å²) in [6.07, 6.45) is 0. The molecule has 0 atom stereocenters. The lowest BCUT2D eigenvalue weighted by Crippen LogP contribution is -2.17. The number of carbonyl (C=O) groups is 1. The molecule has 2 N–H and O–H groups in total. The van der Waals surface area contributed by atoms with Gasteiger partial charge in [-0.2, -0.15) is 8.78 Å². The normalized spacial score (nSPS) is 11.7. The van der Waals surface area contributed by atoms with Crippen molar-refractivity contribution in [3.8, 4) is 11.3 Å². The van der Waals surface area contributed by atoms with Crippen LogP contribution >= 0.6 is 23.2 Å². The second-order valence-electron chi connectivity index (χ2n) is 3.72. The zero-order valence-corrected chi connectivity index (χ0v) is 11.0. The Morgan fingerprint density at radius 1 is 1.40 bits per heavy atom. The minimum atomic E-state index is -4.00. The Labute approximate surface area is 120 Å². The van der Waals surface area contributed by atoms with Gasteiger partial charge in [-0.3, -0.25) is 4.79 Å². The van der Waals surface area contributed by atoms with Gasteiger partial charge in [0.1, 0.15) is 17.1 Å². The van der Waals surface area contributed by atoms with Crippen molar-refractivity contribution in [2.45, 2.75) is 5.38 Å². The van der Waals surface area contributed by atoms with E-state index in [-0.39, 0.29) is 10.6 Å². The predicted octanol–water partition coefficient (Wildman–Crippen LogP) is 3.52. The smallest absolute Gasteiger partial charge is 0.365 e. The van der Waals surface area contributed by atoms with Crippen LogP contribution < -0.4 is 5.73 Å². The quantitative estimate of drug-likeness (QED) is 0.878. The average Bonchev–Trinajstić information content (AvgIpc) is 2.72. The van der Waals surface area contributed by atoms with Gasteiger partial charge >= 0.3 is 5.38 Å². The Morgan fingerprint density at radius 2 is 2.05 bits per heavy atom. The summed E-state index contributed by atoms with van der Waals surface area (Å²) in [5, 5.41) is -0.679. The fraction of sp³-hybridized carbons (Fsp3) is 0.0909. The molecule has 0 saturated carbocycles. The zero-order valence-electron chi connectivity index (χ0n) is 9.46. The minimum Gasteiger partial charge on any atom is -0.365 e. The fourth-order valence-corrected chi connectivity index (χ4v) is 1.87. The molecule has 1 amide bonds. The lowest BCUT2D eigenvalue weighted by molar-refractivity contribution is 0.0587. The highest BCUT2D eigenvalue weighted by Gasteiger charge is 2.40. The zero-order chi connectivity index (χ0) is 15.1. The Morgan fingerprint density at radius 3 is 2.55 bits per heavy atom. The van der Waals surface area contributed by atoms with Gasteiger partial charge in [0.25, 0.3) is 5.91 Å². The maximum Gasteiger partial charge on any atom is 0.383 e. The number of nitrogens with two attached hydrogens (primary N) is 1. The van der Waals surface area contributed by atoms with Gasteiger partial charge < -0.3 is 10.3 Å². The Balaban J connectivity index is 2.69. The molecule has 0 aliphatic heterocycles. The first-order valence-electron chi connectivity index (χ1n) is 5.04. The first-order chi connectivity index (χ1) is 9.21. The summed E-state index contributed by atoms with van der Waals surface area (Å²) in [5.41, 5.74) is 3.47. The number of carbonyl (C=O) groups excluding carboxylic acids is 1. The van der Waals surface area contributed by atoms with Crippen LogP contribution in [0.25, 0.3) is 11.3 Å². The molecule has 2 rings (SSSR count). The molecular formula is C11H5Cl2F3N2O2. The summed E-state index contributed by atoms with van der Waals surface area (Å²) < 4.78 is 44.2. The number of rotatable bonds is 3. The van der Waals surface area contributed by atoms with Gasteiger partial charge in [-0.25, -0.2) is 4.39 Å². The number of hydrogen-bond acceptors (Lipinski definition) is 3. The van der Waals surface area contributed by atoms with Gasteiger partial charge in [0, 0.05) is 10.6 Å². The maximum absolute atomic E-state index is 13.7. The molecule has 0 aliphatic carbocycles. The van der Waals surface area contributed by atoms with Crippen molar-refractivity contribution < 1.29 is 22.5 Å². The first kappa shape index (κ1) is 14.7. The van der Waals surface area contributed by atoms with E-state index in [0.717, 1.165) is 12.1 Å². The van der Waals surface area contributed by atoms with E-state index in [1.165, 1.54) is 6.07 Å². The standard InChI is InChI=1S/C11H5Cl2F3N2O2/c12-4-1-2-5(6(14)3-4)8-7(10(17)19)9(20-18-8)11(13,15)16/h1-3H,(H2,17,19). The van der Waals surface area contributed by atoms with Crippen LogP contribution in [0, 0.1) is 5.82 Å². The van der Waals surface area contributed by atoms with E-state index in [4.69, 9.17) is 28.9 Å². The van der Waals surface area contributed by atoms with Crippen LogP contribution in [0.3, 0.4) is 0 Å². The number of alkyl halides is 3. The van der Waals surface area contributed by atoms with Gasteiger partial charge in [-0.05, 0) is 29.8 Å². The molecule has 0 radical (unpaired) electrons. The van der Waals surface area contributed by atoms with Crippen molar-refractivity contribution in [2.24, 2.45) is 5.73 Å². The average molecular weight is 325 g/mol. The topological polar surface area (TPSA) is 69.1 Å². The molecule has 9 heteroatoms. The third kappa shape index (κ3) is 2.59. The Kier molecular flexibility index (Phi) is 3.66. The van der Waals surface area contributed by atoms with Gasteiger partial charge in [-0.15, -0.1) is 0 Å². The molecule has 1 heterocycles. The van der Waals surface area contributed by atoms with E-state index < -0.39 is 34.1 Å². The lowest BCUT2D eigenvalue weighted by atomic mass is 10.0. The van der Waals surface area contributed by atoms with Crippen LogP contribution in [-0.2, 0) is 5.38 Å². The first-order valence-corrected chi connectivity index (χ1v) is 5.79. The van der Waals surface area contributed by atoms with Gasteiger partial charge in [0.15, 0.2) is 0 Å². The van der Waals surface area contributed by atoms with Gasteiger partial charge in [0.2, 0.25) is 5.76 Å². The van der Waals surface area contributed by atoms with Crippen LogP contribution in [0.1, 0.15) is 16.1 Å². The molecule has 2 aromatic rings. The van der Waals surface area contributed by atoms with Crippen molar-refractivity contribution in [3.05, 3.63) is 40.4 Å². The molecule has 20 heavy (non-hydrogen) atoms. The summed E-state index contributed by atoms with van der Waals surface area (Å²) >= 11 is 10.4. The Hall–Kier alpha value is -1.73. The third-order valence-electron chi connectivity index (χ3n) is 2.38. The van der Waals surface area contributed by atoms with Crippen molar-refractivity contribution in [3.63, 3.8) is 0 Å². The predicted molar refractivity (Wildman–Crippen MR) is 65.2 cm³/mol. The van der Waals surface area contributed by atoms with E-state index in [0.29, 0.717) is 0 Å². The number of halogens is 5. The summed E-state index contributed by atoms with van der Waals surface area (Å²) in [6, 6.07) is 3.37. The van der Waals surface area contributed by atoms with E-state index in [2.05, 4.69) is 9.68 Å². The SMILES string of the molecule is NC(=O)c1c(-c2ccc(Cl)cc2F)noc1C(F)(F)Cl. The molecule has 0 unspecified atom stereocenters. The molecular weight excluding hydrogens is 320 g/mol. The molecule has 1 aromatic heterocycles. The Bertz CT molecular complexity index is 683. The highest BCUT2D eigenvalue weighted by atomic mass is 35.5. The molecule has 106 valence electrons. The minimum absolute atomic E-state index is 0.0817. The second-order valence-corrected chi connectivity index (χ2v) is 4.63. The molecule has 4 nitrogen and oxygen atoms in total. The van der Waals surface area contributed by atoms with E-state index >= 15 is 0 Å². The summed E-state index contributed by atoms with van der Waals surface area (Å²) in [4.78, 5) is 11.3. The maximum atomic E-state index is 13.7. The summed E-state index contributed by atoms with van der Waals surface area (Å²) in [5.74, 6) is -3.39. The van der Waals surface area contributed by atoms with Crippen LogP contribution in [0.15, 0.2) is 22.7 Å². The van der Waals surface area contributed by atoms with Gasteiger partial charge in [-0.1, -0.05) is 16.8 Å². The van der Waals surface area contributed by atoms with Crippen LogP contribution in [0.2, 0.25) is 5.02 Å². The number of hydrogen-bond donors (Lipinski definition) is 1. The lowest BCUT2D eigenvalue weighted by Gasteiger charge is -2.05. The van der Waals surface area contributed by atoms with Crippen LogP contribution in [-0.4, -0.2) is 11.1 Å². The molecule has 0 spiro atoms. The highest BCUT2D eigenvalue weighted by molar-refractivity contribution is 6.30. The number of amides is 1. The molecule has 0 fully saturated rings. The monoisotopic (exact) mass is 324 g/mol. The summed E-state index contributed by atoms with van der Waals surface area (Å²) in [6.45, 7) is 0.